The Morgan fingerprint density at radius 2 is 1.96 bits per heavy atom. The summed E-state index contributed by atoms with van der Waals surface area (Å²) in [6.07, 6.45) is 3.07. The van der Waals surface area contributed by atoms with E-state index in [0.717, 1.165) is 15.8 Å². The second kappa shape index (κ2) is 6.28. The van der Waals surface area contributed by atoms with E-state index in [2.05, 4.69) is 9.98 Å². The van der Waals surface area contributed by atoms with E-state index < -0.39 is 17.1 Å². The summed E-state index contributed by atoms with van der Waals surface area (Å²) in [5.41, 5.74) is 1.23. The number of aromatic hydroxyl groups is 1. The molecule has 2 heterocycles. The van der Waals surface area contributed by atoms with Crippen LogP contribution >= 0.6 is 0 Å². The topological polar surface area (TPSA) is 111 Å². The van der Waals surface area contributed by atoms with Crippen LogP contribution in [0.15, 0.2) is 63.1 Å². The lowest BCUT2D eigenvalue weighted by Gasteiger charge is -2.10. The Hall–Kier alpha value is -4.18. The molecular formula is C20H12N4O3. The van der Waals surface area contributed by atoms with Crippen LogP contribution in [0.4, 0.5) is 5.69 Å². The number of para-hydroxylation sites is 1. The van der Waals surface area contributed by atoms with E-state index in [4.69, 9.17) is 5.26 Å². The molecule has 7 nitrogen and oxygen atoms in total. The van der Waals surface area contributed by atoms with E-state index in [1.807, 2.05) is 30.3 Å². The molecule has 0 bridgehead atoms. The maximum Gasteiger partial charge on any atom is 0.335 e. The molecule has 1 aromatic heterocycles. The van der Waals surface area contributed by atoms with Gasteiger partial charge in [-0.3, -0.25) is 14.8 Å². The predicted octanol–water partition coefficient (Wildman–Crippen LogP) is 2.36. The number of rotatable bonds is 2. The van der Waals surface area contributed by atoms with Gasteiger partial charge in [-0.05, 0) is 30.3 Å². The van der Waals surface area contributed by atoms with Gasteiger partial charge in [0.05, 0.1) is 23.0 Å². The summed E-state index contributed by atoms with van der Waals surface area (Å²) in [4.78, 5) is 31.0. The van der Waals surface area contributed by atoms with Crippen LogP contribution in [0, 0.1) is 11.3 Å². The van der Waals surface area contributed by atoms with Crippen LogP contribution in [-0.4, -0.2) is 20.9 Å². The van der Waals surface area contributed by atoms with Gasteiger partial charge in [0.15, 0.2) is 0 Å². The number of nitriles is 1. The van der Waals surface area contributed by atoms with E-state index in [-0.39, 0.29) is 11.3 Å². The Kier molecular flexibility index (Phi) is 3.79. The Balaban J connectivity index is 1.93. The third-order valence-electron chi connectivity index (χ3n) is 4.21. The van der Waals surface area contributed by atoms with E-state index in [1.165, 1.54) is 12.1 Å². The molecule has 0 aliphatic carbocycles. The fraction of sp³-hybridized carbons (Fsp3) is 0. The molecule has 0 saturated heterocycles. The largest absolute Gasteiger partial charge is 0.494 e. The highest BCUT2D eigenvalue weighted by atomic mass is 16.3. The van der Waals surface area contributed by atoms with Crippen LogP contribution in [0.1, 0.15) is 16.7 Å². The van der Waals surface area contributed by atoms with Crippen LogP contribution in [0.25, 0.3) is 17.3 Å². The van der Waals surface area contributed by atoms with Crippen LogP contribution in [0.2, 0.25) is 0 Å². The Bertz CT molecular complexity index is 1290. The summed E-state index contributed by atoms with van der Waals surface area (Å²) >= 11 is 0. The number of aromatic nitrogens is 2. The first-order chi connectivity index (χ1) is 13.1. The Labute approximate surface area is 152 Å². The van der Waals surface area contributed by atoms with Gasteiger partial charge in [0.25, 0.3) is 5.56 Å². The number of H-pyrrole nitrogens is 1. The molecule has 1 aliphatic rings. The quantitative estimate of drug-likeness (QED) is 0.734. The minimum absolute atomic E-state index is 0.0740. The number of hydrogen-bond donors (Lipinski definition) is 2. The molecule has 27 heavy (non-hydrogen) atoms. The predicted molar refractivity (Wildman–Crippen MR) is 102 cm³/mol. The zero-order valence-corrected chi connectivity index (χ0v) is 13.9. The molecule has 0 radical (unpaired) electrons. The Morgan fingerprint density at radius 3 is 2.78 bits per heavy atom. The lowest BCUT2D eigenvalue weighted by atomic mass is 10.1. The van der Waals surface area contributed by atoms with E-state index in [9.17, 15) is 14.7 Å². The van der Waals surface area contributed by atoms with Gasteiger partial charge in [0.1, 0.15) is 5.56 Å². The van der Waals surface area contributed by atoms with Crippen molar-refractivity contribution < 1.29 is 5.11 Å². The van der Waals surface area contributed by atoms with Gasteiger partial charge in [0, 0.05) is 17.4 Å². The monoisotopic (exact) mass is 356 g/mol. The van der Waals surface area contributed by atoms with Crippen molar-refractivity contribution in [2.24, 2.45) is 4.99 Å². The standard InChI is InChI=1S/C20H12N4O3/c21-10-12-4-3-5-14(8-12)24-19(26)16(18(25)23-20(24)27)9-13-11-22-17-7-2-1-6-15(13)17/h1-9,11,26H,(H,23,25,27). The van der Waals surface area contributed by atoms with Crippen molar-refractivity contribution in [1.29, 1.82) is 5.26 Å². The van der Waals surface area contributed by atoms with E-state index in [0.29, 0.717) is 11.1 Å². The lowest BCUT2D eigenvalue weighted by Crippen LogP contribution is -2.30. The van der Waals surface area contributed by atoms with E-state index >= 15 is 0 Å². The fourth-order valence-electron chi connectivity index (χ4n) is 2.93. The molecule has 0 amide bonds. The number of hydrogen-bond acceptors (Lipinski definition) is 5. The molecule has 2 N–H and O–H groups in total. The van der Waals surface area contributed by atoms with Crippen molar-refractivity contribution in [3.8, 4) is 17.6 Å². The van der Waals surface area contributed by atoms with Gasteiger partial charge < -0.3 is 5.11 Å². The van der Waals surface area contributed by atoms with Crippen molar-refractivity contribution in [3.05, 3.63) is 86.1 Å². The highest BCUT2D eigenvalue weighted by Crippen LogP contribution is 2.32. The number of aromatic amines is 1. The van der Waals surface area contributed by atoms with Crippen molar-refractivity contribution in [1.82, 2.24) is 9.55 Å². The normalized spacial score (nSPS) is 13.5. The van der Waals surface area contributed by atoms with Gasteiger partial charge in [-0.25, -0.2) is 9.36 Å². The average molecular weight is 356 g/mol. The minimum atomic E-state index is -0.796. The summed E-state index contributed by atoms with van der Waals surface area (Å²) in [6.45, 7) is 0. The molecule has 4 rings (SSSR count). The number of aliphatic imine (C=N–C) groups is 1. The first-order valence-electron chi connectivity index (χ1n) is 8.02. The third kappa shape index (κ3) is 2.75. The van der Waals surface area contributed by atoms with Crippen LogP contribution in [0.5, 0.6) is 5.88 Å². The van der Waals surface area contributed by atoms with Gasteiger partial charge in [-0.1, -0.05) is 24.3 Å². The summed E-state index contributed by atoms with van der Waals surface area (Å²) in [6, 6.07) is 15.5. The highest BCUT2D eigenvalue weighted by molar-refractivity contribution is 6.21. The number of allylic oxidation sites excluding steroid dienone is 1. The maximum absolute atomic E-state index is 12.3. The molecule has 0 unspecified atom stereocenters. The lowest BCUT2D eigenvalue weighted by molar-refractivity contribution is 0.429. The van der Waals surface area contributed by atoms with Crippen LogP contribution < -0.4 is 11.2 Å². The first-order valence-corrected chi connectivity index (χ1v) is 8.02. The second-order valence-electron chi connectivity index (χ2n) is 5.87. The van der Waals surface area contributed by atoms with Crippen molar-refractivity contribution in [2.45, 2.75) is 0 Å². The molecule has 3 aromatic rings. The average Bonchev–Trinajstić information content (AvgIpc) is 3.08. The molecule has 0 atom stereocenters. The Morgan fingerprint density at radius 1 is 1.15 bits per heavy atom. The summed E-state index contributed by atoms with van der Waals surface area (Å²) in [7, 11) is 0. The van der Waals surface area contributed by atoms with Gasteiger partial charge in [-0.2, -0.15) is 5.26 Å². The van der Waals surface area contributed by atoms with E-state index in [1.54, 1.807) is 24.4 Å². The number of benzene rings is 2. The van der Waals surface area contributed by atoms with Gasteiger partial charge in [0.2, 0.25) is 5.88 Å². The van der Waals surface area contributed by atoms with Crippen molar-refractivity contribution >= 4 is 23.6 Å². The highest BCUT2D eigenvalue weighted by Gasteiger charge is 2.17. The molecular weight excluding hydrogens is 344 g/mol. The fourth-order valence-corrected chi connectivity index (χ4v) is 2.93. The minimum Gasteiger partial charge on any atom is -0.494 e. The third-order valence-corrected chi connectivity index (χ3v) is 4.21. The molecule has 130 valence electrons. The molecule has 1 aliphatic heterocycles. The maximum atomic E-state index is 12.3. The first kappa shape index (κ1) is 16.3. The second-order valence-corrected chi connectivity index (χ2v) is 5.87. The molecule has 0 saturated carbocycles. The van der Waals surface area contributed by atoms with Crippen LogP contribution in [0.3, 0.4) is 0 Å². The zero-order chi connectivity index (χ0) is 19.0. The molecule has 2 aromatic carbocycles. The molecule has 0 fully saturated rings. The summed E-state index contributed by atoms with van der Waals surface area (Å²) in [5, 5.41) is 19.7. The smallest absolute Gasteiger partial charge is 0.335 e. The molecule has 0 spiro atoms. The van der Waals surface area contributed by atoms with Crippen molar-refractivity contribution in [3.63, 3.8) is 0 Å². The number of nitrogens with one attached hydrogen (secondary N) is 1. The number of nitrogens with zero attached hydrogens (tertiary/aromatic N) is 3. The summed E-state index contributed by atoms with van der Waals surface area (Å²) < 4.78 is 0.951. The van der Waals surface area contributed by atoms with Gasteiger partial charge in [-0.15, -0.1) is 0 Å². The van der Waals surface area contributed by atoms with Crippen LogP contribution in [-0.2, 0) is 0 Å². The van der Waals surface area contributed by atoms with Crippen molar-refractivity contribution in [2.75, 3.05) is 0 Å². The molecule has 7 heteroatoms. The SMILES string of the molecule is N#Cc1cccc(-n2c(O)c(C=C3C=Nc4ccccc43)c(=O)[nH]c2=O)c1. The summed E-state index contributed by atoms with van der Waals surface area (Å²) in [5.74, 6) is -0.510. The zero-order valence-electron chi connectivity index (χ0n) is 13.9. The van der Waals surface area contributed by atoms with Gasteiger partial charge >= 0.3 is 5.69 Å². The number of fused-ring (bicyclic) bond motifs is 1.